The van der Waals surface area contributed by atoms with Crippen molar-refractivity contribution in [2.45, 2.75) is 13.3 Å². The van der Waals surface area contributed by atoms with Gasteiger partial charge >= 0.3 is 11.9 Å². The summed E-state index contributed by atoms with van der Waals surface area (Å²) in [4.78, 5) is 36.3. The number of amides is 1. The number of aliphatic carboxylic acids is 2. The van der Waals surface area contributed by atoms with Crippen LogP contribution in [0.2, 0.25) is 0 Å². The van der Waals surface area contributed by atoms with Crippen LogP contribution in [0.5, 0.6) is 5.75 Å². The minimum absolute atomic E-state index is 0.0767. The van der Waals surface area contributed by atoms with Crippen molar-refractivity contribution in [3.8, 4) is 5.75 Å². The highest BCUT2D eigenvalue weighted by Crippen LogP contribution is 2.68. The number of benzene rings is 1. The van der Waals surface area contributed by atoms with Crippen LogP contribution in [-0.2, 0) is 14.4 Å². The van der Waals surface area contributed by atoms with Gasteiger partial charge in [0, 0.05) is 13.1 Å². The minimum Gasteiger partial charge on any atom is -0.484 e. The molecule has 1 saturated carbocycles. The molecule has 1 aromatic rings. The summed E-state index contributed by atoms with van der Waals surface area (Å²) in [6.07, 6.45) is 0.0767. The Kier molecular flexibility index (Phi) is 3.31. The first kappa shape index (κ1) is 15.3. The number of ether oxygens (including phenoxy) is 1. The first-order valence-electron chi connectivity index (χ1n) is 7.25. The number of fused-ring (bicyclic) bond motifs is 1. The van der Waals surface area contributed by atoms with Crippen molar-refractivity contribution in [1.82, 2.24) is 4.90 Å². The van der Waals surface area contributed by atoms with Gasteiger partial charge < -0.3 is 19.8 Å². The zero-order chi connectivity index (χ0) is 16.8. The van der Waals surface area contributed by atoms with Gasteiger partial charge in [0.05, 0.1) is 0 Å². The Hall–Kier alpha value is -2.57. The predicted molar refractivity (Wildman–Crippen MR) is 78.0 cm³/mol. The third-order valence-corrected chi connectivity index (χ3v) is 4.87. The number of piperidine rings is 1. The second-order valence-electron chi connectivity index (χ2n) is 6.30. The molecule has 1 heterocycles. The fraction of sp³-hybridized carbons (Fsp3) is 0.438. The highest BCUT2D eigenvalue weighted by atomic mass is 16.5. The molecule has 1 aromatic carbocycles. The van der Waals surface area contributed by atoms with Crippen molar-refractivity contribution in [2.75, 3.05) is 19.7 Å². The number of likely N-dealkylation sites (tertiary alicyclic amines) is 1. The number of carbonyl (C=O) groups is 3. The number of aryl methyl sites for hydroxylation is 1. The van der Waals surface area contributed by atoms with Gasteiger partial charge in [-0.1, -0.05) is 17.7 Å². The summed E-state index contributed by atoms with van der Waals surface area (Å²) < 4.78 is 5.39. The van der Waals surface area contributed by atoms with Gasteiger partial charge in [-0.3, -0.25) is 14.4 Å². The topological polar surface area (TPSA) is 104 Å². The maximum absolute atomic E-state index is 12.2. The van der Waals surface area contributed by atoms with E-state index < -0.39 is 28.7 Å². The van der Waals surface area contributed by atoms with Gasteiger partial charge in [0.2, 0.25) is 0 Å². The number of hydrogen-bond donors (Lipinski definition) is 2. The van der Waals surface area contributed by atoms with Crippen LogP contribution in [0.1, 0.15) is 12.0 Å². The lowest BCUT2D eigenvalue weighted by Gasteiger charge is -2.20. The van der Waals surface area contributed by atoms with Gasteiger partial charge in [-0.25, -0.2) is 0 Å². The van der Waals surface area contributed by atoms with Gasteiger partial charge in [-0.15, -0.1) is 0 Å². The van der Waals surface area contributed by atoms with Crippen molar-refractivity contribution in [2.24, 2.45) is 10.8 Å². The molecule has 0 bridgehead atoms. The van der Waals surface area contributed by atoms with E-state index in [1.165, 1.54) is 4.90 Å². The normalized spacial score (nSPS) is 28.1. The van der Waals surface area contributed by atoms with Gasteiger partial charge in [0.15, 0.2) is 6.61 Å². The molecule has 1 amide bonds. The molecular weight excluding hydrogens is 302 g/mol. The van der Waals surface area contributed by atoms with Crippen molar-refractivity contribution in [1.29, 1.82) is 0 Å². The van der Waals surface area contributed by atoms with Gasteiger partial charge in [0.1, 0.15) is 16.6 Å². The number of rotatable bonds is 5. The van der Waals surface area contributed by atoms with Crippen molar-refractivity contribution < 1.29 is 29.3 Å². The van der Waals surface area contributed by atoms with E-state index in [9.17, 15) is 24.6 Å². The lowest BCUT2D eigenvalue weighted by molar-refractivity contribution is -0.151. The van der Waals surface area contributed by atoms with Gasteiger partial charge in [-0.2, -0.15) is 0 Å². The number of carboxylic acid groups (broad SMARTS) is 2. The smallest absolute Gasteiger partial charge is 0.312 e. The Labute approximate surface area is 132 Å². The Morgan fingerprint density at radius 3 is 2.09 bits per heavy atom. The molecular formula is C16H17NO6. The largest absolute Gasteiger partial charge is 0.484 e. The number of nitrogens with zero attached hydrogens (tertiary/aromatic N) is 1. The lowest BCUT2D eigenvalue weighted by atomic mass is 9.97. The molecule has 1 aliphatic carbocycles. The van der Waals surface area contributed by atoms with E-state index in [1.807, 2.05) is 19.1 Å². The molecule has 0 unspecified atom stereocenters. The standard InChI is InChI=1S/C16H17NO6/c1-10-2-4-11(5-3-10)23-6-12(18)17-8-15(13(19)20)7-16(15,9-17)14(21)22/h2-5H,6-9H2,1H3,(H,19,20)(H,21,22)/t15-,16+. The monoisotopic (exact) mass is 319 g/mol. The fourth-order valence-electron chi connectivity index (χ4n) is 3.34. The summed E-state index contributed by atoms with van der Waals surface area (Å²) in [5.41, 5.74) is -1.63. The average molecular weight is 319 g/mol. The second-order valence-corrected chi connectivity index (χ2v) is 6.30. The number of carboxylic acids is 2. The third kappa shape index (κ3) is 2.23. The van der Waals surface area contributed by atoms with E-state index in [-0.39, 0.29) is 26.1 Å². The summed E-state index contributed by atoms with van der Waals surface area (Å²) in [5.74, 6) is -2.18. The third-order valence-electron chi connectivity index (χ3n) is 4.87. The Bertz CT molecular complexity index is 656. The predicted octanol–water partition coefficient (Wildman–Crippen LogP) is 0.762. The van der Waals surface area contributed by atoms with Crippen LogP contribution in [0.15, 0.2) is 24.3 Å². The van der Waals surface area contributed by atoms with Crippen LogP contribution >= 0.6 is 0 Å². The summed E-state index contributed by atoms with van der Waals surface area (Å²) in [5, 5.41) is 18.7. The maximum Gasteiger partial charge on any atom is 0.312 e. The second kappa shape index (κ2) is 4.97. The number of hydrogen-bond acceptors (Lipinski definition) is 4. The van der Waals surface area contributed by atoms with E-state index >= 15 is 0 Å². The summed E-state index contributed by atoms with van der Waals surface area (Å²) in [6, 6.07) is 7.18. The van der Waals surface area contributed by atoms with E-state index in [1.54, 1.807) is 12.1 Å². The molecule has 1 aliphatic heterocycles. The lowest BCUT2D eigenvalue weighted by Crippen LogP contribution is -2.37. The molecule has 122 valence electrons. The van der Waals surface area contributed by atoms with Crippen molar-refractivity contribution >= 4 is 17.8 Å². The first-order valence-corrected chi connectivity index (χ1v) is 7.25. The Balaban J connectivity index is 1.65. The maximum atomic E-state index is 12.2. The molecule has 23 heavy (non-hydrogen) atoms. The average Bonchev–Trinajstić information content (AvgIpc) is 3.05. The van der Waals surface area contributed by atoms with Crippen LogP contribution in [-0.4, -0.2) is 52.7 Å². The van der Waals surface area contributed by atoms with E-state index in [0.29, 0.717) is 5.75 Å². The van der Waals surface area contributed by atoms with E-state index in [2.05, 4.69) is 0 Å². The molecule has 0 aromatic heterocycles. The van der Waals surface area contributed by atoms with Crippen LogP contribution in [0.25, 0.3) is 0 Å². The highest BCUT2D eigenvalue weighted by molar-refractivity contribution is 5.96. The summed E-state index contributed by atoms with van der Waals surface area (Å²) in [6.45, 7) is 1.53. The molecule has 0 radical (unpaired) electrons. The molecule has 7 nitrogen and oxygen atoms in total. The molecule has 2 atom stereocenters. The van der Waals surface area contributed by atoms with E-state index in [4.69, 9.17) is 4.74 Å². The quantitative estimate of drug-likeness (QED) is 0.830. The zero-order valence-corrected chi connectivity index (χ0v) is 12.6. The summed E-state index contributed by atoms with van der Waals surface area (Å²) in [7, 11) is 0. The Morgan fingerprint density at radius 2 is 1.61 bits per heavy atom. The van der Waals surface area contributed by atoms with Crippen LogP contribution in [0, 0.1) is 17.8 Å². The van der Waals surface area contributed by atoms with Gasteiger partial charge in [-0.05, 0) is 25.5 Å². The molecule has 1 saturated heterocycles. The van der Waals surface area contributed by atoms with Crippen molar-refractivity contribution in [3.63, 3.8) is 0 Å². The van der Waals surface area contributed by atoms with Crippen LogP contribution in [0.4, 0.5) is 0 Å². The number of carbonyl (C=O) groups excluding carboxylic acids is 1. The van der Waals surface area contributed by atoms with Crippen molar-refractivity contribution in [3.05, 3.63) is 29.8 Å². The minimum atomic E-state index is -1.35. The highest BCUT2D eigenvalue weighted by Gasteiger charge is 2.81. The Morgan fingerprint density at radius 1 is 1.09 bits per heavy atom. The first-order chi connectivity index (χ1) is 10.8. The summed E-state index contributed by atoms with van der Waals surface area (Å²) >= 11 is 0. The molecule has 3 rings (SSSR count). The van der Waals surface area contributed by atoms with Crippen LogP contribution < -0.4 is 4.74 Å². The van der Waals surface area contributed by atoms with Gasteiger partial charge in [0.25, 0.3) is 5.91 Å². The molecule has 2 aliphatic rings. The molecule has 0 spiro atoms. The molecule has 7 heteroatoms. The van der Waals surface area contributed by atoms with E-state index in [0.717, 1.165) is 5.56 Å². The van der Waals surface area contributed by atoms with Crippen LogP contribution in [0.3, 0.4) is 0 Å². The molecule has 2 fully saturated rings. The molecule has 2 N–H and O–H groups in total. The fourth-order valence-corrected chi connectivity index (χ4v) is 3.34. The zero-order valence-electron chi connectivity index (χ0n) is 12.6. The SMILES string of the molecule is Cc1ccc(OCC(=O)N2C[C@@]3(C(=O)O)C[C@@]3(C(=O)O)C2)cc1.